The van der Waals surface area contributed by atoms with E-state index in [0.717, 1.165) is 0 Å². The van der Waals surface area contributed by atoms with E-state index in [1.807, 2.05) is 0 Å². The van der Waals surface area contributed by atoms with Gasteiger partial charge in [-0.05, 0) is 0 Å². The van der Waals surface area contributed by atoms with Crippen molar-refractivity contribution in [1.29, 1.82) is 0 Å². The second kappa shape index (κ2) is 8.67. The van der Waals surface area contributed by atoms with Crippen LogP contribution in [0.3, 0.4) is 0 Å². The van der Waals surface area contributed by atoms with Crippen molar-refractivity contribution in [3.8, 4) is 0 Å². The van der Waals surface area contributed by atoms with E-state index in [0.29, 0.717) is 11.1 Å². The number of hydrogen-bond donors (Lipinski definition) is 0. The van der Waals surface area contributed by atoms with Gasteiger partial charge in [-0.15, -0.1) is 0 Å². The van der Waals surface area contributed by atoms with Gasteiger partial charge in [0.1, 0.15) is 0 Å². The Labute approximate surface area is 140 Å². The normalized spacial score (nSPS) is 10.2. The van der Waals surface area contributed by atoms with Crippen LogP contribution in [0, 0.1) is 0 Å². The van der Waals surface area contributed by atoms with Gasteiger partial charge in [0.2, 0.25) is 0 Å². The Morgan fingerprint density at radius 2 is 0.833 bits per heavy atom. The minimum Gasteiger partial charge on any atom is -0.294 e. The van der Waals surface area contributed by atoms with Crippen molar-refractivity contribution in [2.24, 2.45) is 0 Å². The minimum atomic E-state index is -0.597. The molecule has 0 atom stereocenters. The highest BCUT2D eigenvalue weighted by molar-refractivity contribution is 6.37. The molecule has 0 saturated heterocycles. The quantitative estimate of drug-likeness (QED) is 0.524. The summed E-state index contributed by atoms with van der Waals surface area (Å²) in [5.74, 6) is -1.53. The maximum atomic E-state index is 11.9. The highest BCUT2D eigenvalue weighted by Gasteiger charge is 2.17. The van der Waals surface area contributed by atoms with E-state index < -0.39 is 11.6 Å². The molecule has 0 N–H and O–H groups in total. The largest absolute Gasteiger partial charge is 0.294 e. The van der Waals surface area contributed by atoms with Crippen LogP contribution in [-0.4, -0.2) is 23.1 Å². The van der Waals surface area contributed by atoms with E-state index in [1.165, 1.54) is 0 Å². The molecule has 4 heteroatoms. The number of carbonyl (C=O) groups is 4. The summed E-state index contributed by atoms with van der Waals surface area (Å²) in [5, 5.41) is 0. The Morgan fingerprint density at radius 3 is 1.17 bits per heavy atom. The van der Waals surface area contributed by atoms with Crippen LogP contribution in [0.25, 0.3) is 0 Å². The second-order valence-corrected chi connectivity index (χ2v) is 5.42. The number of carbonyl (C=O) groups excluding carboxylic acids is 4. The summed E-state index contributed by atoms with van der Waals surface area (Å²) < 4.78 is 0. The topological polar surface area (TPSA) is 68.3 Å². The Bertz CT molecular complexity index is 667. The summed E-state index contributed by atoms with van der Waals surface area (Å²) in [6.45, 7) is 0. The molecule has 2 rings (SSSR count). The second-order valence-electron chi connectivity index (χ2n) is 5.42. The zero-order valence-electron chi connectivity index (χ0n) is 13.2. The molecule has 24 heavy (non-hydrogen) atoms. The van der Waals surface area contributed by atoms with Crippen molar-refractivity contribution in [1.82, 2.24) is 0 Å². The first-order valence-corrected chi connectivity index (χ1v) is 7.80. The summed E-state index contributed by atoms with van der Waals surface area (Å²) in [4.78, 5) is 47.4. The van der Waals surface area contributed by atoms with E-state index in [1.54, 1.807) is 60.7 Å². The van der Waals surface area contributed by atoms with Gasteiger partial charge in [-0.1, -0.05) is 60.7 Å². The number of benzene rings is 2. The minimum absolute atomic E-state index is 0.00121. The lowest BCUT2D eigenvalue weighted by Crippen LogP contribution is -2.16. The highest BCUT2D eigenvalue weighted by Crippen LogP contribution is 2.09. The van der Waals surface area contributed by atoms with Crippen molar-refractivity contribution in [2.45, 2.75) is 25.7 Å². The van der Waals surface area contributed by atoms with Gasteiger partial charge in [-0.25, -0.2) is 0 Å². The molecule has 0 radical (unpaired) electrons. The van der Waals surface area contributed by atoms with Crippen molar-refractivity contribution in [2.75, 3.05) is 0 Å². The number of rotatable bonds is 9. The van der Waals surface area contributed by atoms with E-state index in [2.05, 4.69) is 0 Å². The van der Waals surface area contributed by atoms with Gasteiger partial charge in [0.15, 0.2) is 23.1 Å². The van der Waals surface area contributed by atoms with Gasteiger partial charge in [-0.2, -0.15) is 0 Å². The Morgan fingerprint density at radius 1 is 0.500 bits per heavy atom. The van der Waals surface area contributed by atoms with E-state index >= 15 is 0 Å². The Hall–Kier alpha value is -2.88. The molecule has 0 aromatic heterocycles. The molecule has 122 valence electrons. The molecule has 0 unspecified atom stereocenters. The average molecular weight is 322 g/mol. The summed E-state index contributed by atoms with van der Waals surface area (Å²) in [6, 6.07) is 17.3. The van der Waals surface area contributed by atoms with Gasteiger partial charge in [-0.3, -0.25) is 19.2 Å². The maximum Gasteiger partial charge on any atom is 0.198 e. The highest BCUT2D eigenvalue weighted by atomic mass is 16.2. The van der Waals surface area contributed by atoms with Crippen LogP contribution in [0.4, 0.5) is 0 Å². The summed E-state index contributed by atoms with van der Waals surface area (Å²) in [7, 11) is 0. The van der Waals surface area contributed by atoms with Crippen LogP contribution in [-0.2, 0) is 9.59 Å². The van der Waals surface area contributed by atoms with Crippen LogP contribution in [0.15, 0.2) is 60.7 Å². The smallest absolute Gasteiger partial charge is 0.198 e. The van der Waals surface area contributed by atoms with Crippen molar-refractivity contribution in [3.05, 3.63) is 71.8 Å². The molecular formula is C20H18O4. The van der Waals surface area contributed by atoms with E-state index in [4.69, 9.17) is 0 Å². The molecule has 0 amide bonds. The predicted molar refractivity (Wildman–Crippen MR) is 90.0 cm³/mol. The zero-order chi connectivity index (χ0) is 17.4. The molecule has 0 spiro atoms. The lowest BCUT2D eigenvalue weighted by Gasteiger charge is -2.02. The SMILES string of the molecule is O=C(CCC(=O)c1ccccc1)C(=O)CCC(=O)c1ccccc1. The molecule has 0 aliphatic heterocycles. The molecule has 0 bridgehead atoms. The van der Waals surface area contributed by atoms with Crippen LogP contribution in [0.2, 0.25) is 0 Å². The summed E-state index contributed by atoms with van der Waals surface area (Å²) in [6.07, 6.45) is -0.236. The first-order valence-electron chi connectivity index (χ1n) is 7.80. The lowest BCUT2D eigenvalue weighted by atomic mass is 10.00. The third-order valence-corrected chi connectivity index (χ3v) is 3.66. The fraction of sp³-hybridized carbons (Fsp3) is 0.200. The van der Waals surface area contributed by atoms with Crippen LogP contribution in [0.5, 0.6) is 0 Å². The molecule has 0 saturated carbocycles. The summed E-state index contributed by atoms with van der Waals surface area (Å²) in [5.41, 5.74) is 1.05. The van der Waals surface area contributed by atoms with E-state index in [-0.39, 0.29) is 37.2 Å². The monoisotopic (exact) mass is 322 g/mol. The number of ketones is 4. The van der Waals surface area contributed by atoms with Gasteiger partial charge in [0.05, 0.1) is 0 Å². The van der Waals surface area contributed by atoms with Crippen LogP contribution < -0.4 is 0 Å². The van der Waals surface area contributed by atoms with Crippen molar-refractivity contribution in [3.63, 3.8) is 0 Å². The molecule has 0 aliphatic rings. The number of Topliss-reactive ketones (excluding diaryl/α,β-unsaturated/α-hetero) is 4. The van der Waals surface area contributed by atoms with Crippen molar-refractivity contribution >= 4 is 23.1 Å². The van der Waals surface area contributed by atoms with Crippen molar-refractivity contribution < 1.29 is 19.2 Å². The molecule has 2 aromatic rings. The lowest BCUT2D eigenvalue weighted by molar-refractivity contribution is -0.136. The average Bonchev–Trinajstić information content (AvgIpc) is 2.64. The fourth-order valence-electron chi connectivity index (χ4n) is 2.27. The molecule has 2 aromatic carbocycles. The first-order chi connectivity index (χ1) is 11.6. The van der Waals surface area contributed by atoms with Crippen LogP contribution in [0.1, 0.15) is 46.4 Å². The Kier molecular flexibility index (Phi) is 6.32. The van der Waals surface area contributed by atoms with Crippen LogP contribution >= 0.6 is 0 Å². The predicted octanol–water partition coefficient (Wildman–Crippen LogP) is 3.45. The fourth-order valence-corrected chi connectivity index (χ4v) is 2.27. The van der Waals surface area contributed by atoms with Gasteiger partial charge >= 0.3 is 0 Å². The number of hydrogen-bond acceptors (Lipinski definition) is 4. The van der Waals surface area contributed by atoms with Gasteiger partial charge < -0.3 is 0 Å². The zero-order valence-corrected chi connectivity index (χ0v) is 13.2. The third-order valence-electron chi connectivity index (χ3n) is 3.66. The first kappa shape index (κ1) is 17.5. The maximum absolute atomic E-state index is 11.9. The van der Waals surface area contributed by atoms with E-state index in [9.17, 15) is 19.2 Å². The van der Waals surface area contributed by atoms with Gasteiger partial charge in [0.25, 0.3) is 0 Å². The summed E-state index contributed by atoms with van der Waals surface area (Å²) >= 11 is 0. The molecule has 0 heterocycles. The molecule has 4 nitrogen and oxygen atoms in total. The Balaban J connectivity index is 1.77. The molecule has 0 aliphatic carbocycles. The third kappa shape index (κ3) is 5.09. The molecular weight excluding hydrogens is 304 g/mol. The molecule has 0 fully saturated rings. The van der Waals surface area contributed by atoms with Gasteiger partial charge in [0, 0.05) is 36.8 Å². The standard InChI is InChI=1S/C20H18O4/c21-17(15-7-3-1-4-8-15)11-13-19(23)20(24)14-12-18(22)16-9-5-2-6-10-16/h1-10H,11-14H2.